The highest BCUT2D eigenvalue weighted by Crippen LogP contribution is 2.37. The topological polar surface area (TPSA) is 114 Å². The van der Waals surface area contributed by atoms with Crippen molar-refractivity contribution in [2.75, 3.05) is 0 Å². The molecule has 98 valence electrons. The lowest BCUT2D eigenvalue weighted by atomic mass is 10.1. The van der Waals surface area contributed by atoms with Crippen molar-refractivity contribution in [3.63, 3.8) is 0 Å². The van der Waals surface area contributed by atoms with E-state index in [0.29, 0.717) is 11.1 Å². The molecule has 3 aromatic rings. The molecule has 10 nitrogen and oxygen atoms in total. The average molecular weight is 270 g/mol. The second kappa shape index (κ2) is 3.66. The first-order valence-corrected chi connectivity index (χ1v) is 5.62. The number of aromatic nitrogens is 8. The van der Waals surface area contributed by atoms with Crippen molar-refractivity contribution in [2.45, 2.75) is 5.85 Å². The Labute approximate surface area is 111 Å². The second-order valence-corrected chi connectivity index (χ2v) is 4.05. The van der Waals surface area contributed by atoms with Gasteiger partial charge in [-0.25, -0.2) is 4.79 Å². The number of rotatable bonds is 2. The van der Waals surface area contributed by atoms with E-state index >= 15 is 0 Å². The number of tetrazole rings is 2. The summed E-state index contributed by atoms with van der Waals surface area (Å²) in [5.41, 5.74) is 0.975. The summed E-state index contributed by atoms with van der Waals surface area (Å²) in [7, 11) is 0. The van der Waals surface area contributed by atoms with Crippen LogP contribution >= 0.6 is 0 Å². The summed E-state index contributed by atoms with van der Waals surface area (Å²) in [5.74, 6) is -1.94. The number of fused-ring (bicyclic) bond motifs is 1. The summed E-state index contributed by atoms with van der Waals surface area (Å²) >= 11 is 0. The van der Waals surface area contributed by atoms with E-state index in [-0.39, 0.29) is 0 Å². The van der Waals surface area contributed by atoms with E-state index in [1.807, 2.05) is 0 Å². The normalized spacial score (nSPS) is 15.9. The molecule has 0 radical (unpaired) electrons. The van der Waals surface area contributed by atoms with Crippen LogP contribution in [0.3, 0.4) is 0 Å². The van der Waals surface area contributed by atoms with Crippen LogP contribution in [0.2, 0.25) is 0 Å². The summed E-state index contributed by atoms with van der Waals surface area (Å²) in [6.07, 6.45) is 2.66. The van der Waals surface area contributed by atoms with Gasteiger partial charge < -0.3 is 4.74 Å². The fraction of sp³-hybridized carbons (Fsp3) is 0.100. The predicted molar refractivity (Wildman–Crippen MR) is 60.0 cm³/mol. The number of esters is 1. The number of benzene rings is 1. The van der Waals surface area contributed by atoms with Gasteiger partial charge in [0.1, 0.15) is 12.7 Å². The van der Waals surface area contributed by atoms with Crippen molar-refractivity contribution in [3.8, 4) is 0 Å². The zero-order valence-corrected chi connectivity index (χ0v) is 9.86. The Morgan fingerprint density at radius 1 is 1.00 bits per heavy atom. The maximum atomic E-state index is 12.1. The molecule has 10 heteroatoms. The van der Waals surface area contributed by atoms with E-state index in [1.54, 1.807) is 24.3 Å². The quantitative estimate of drug-likeness (QED) is 0.547. The number of nitrogens with zero attached hydrogens (tertiary/aromatic N) is 8. The number of hydrogen-bond donors (Lipinski definition) is 0. The van der Waals surface area contributed by atoms with Gasteiger partial charge in [-0.2, -0.15) is 9.36 Å². The third kappa shape index (κ3) is 1.19. The van der Waals surface area contributed by atoms with E-state index in [2.05, 4.69) is 31.1 Å². The molecule has 0 N–H and O–H groups in total. The van der Waals surface area contributed by atoms with E-state index in [9.17, 15) is 4.79 Å². The average Bonchev–Trinajstić information content (AvgIpc) is 3.20. The van der Waals surface area contributed by atoms with Gasteiger partial charge in [-0.05, 0) is 33.0 Å². The Bertz CT molecular complexity index is 732. The van der Waals surface area contributed by atoms with Crippen LogP contribution in [0.1, 0.15) is 15.9 Å². The van der Waals surface area contributed by atoms with Crippen LogP contribution in [-0.2, 0) is 10.6 Å². The van der Waals surface area contributed by atoms with Crippen LogP contribution in [0.4, 0.5) is 0 Å². The van der Waals surface area contributed by atoms with Gasteiger partial charge >= 0.3 is 11.8 Å². The molecule has 0 spiro atoms. The standard InChI is InChI=1S/C10H6N8O2/c19-9-7-3-1-2-4-8(7)10(20-9,17-5-11-13-15-17)18-6-12-14-16-18/h1-6H. The molecule has 0 saturated heterocycles. The van der Waals surface area contributed by atoms with E-state index < -0.39 is 11.8 Å². The minimum absolute atomic E-state index is 0.415. The maximum Gasteiger partial charge on any atom is 0.342 e. The third-order valence-electron chi connectivity index (χ3n) is 3.05. The minimum atomic E-state index is -1.44. The van der Waals surface area contributed by atoms with Gasteiger partial charge in [-0.15, -0.1) is 10.2 Å². The molecule has 20 heavy (non-hydrogen) atoms. The van der Waals surface area contributed by atoms with E-state index in [1.165, 1.54) is 22.0 Å². The number of carbonyl (C=O) groups excluding carboxylic acids is 1. The van der Waals surface area contributed by atoms with Gasteiger partial charge in [0.05, 0.1) is 11.1 Å². The molecule has 4 rings (SSSR count). The summed E-state index contributed by atoms with van der Waals surface area (Å²) in [4.78, 5) is 12.1. The summed E-state index contributed by atoms with van der Waals surface area (Å²) in [6, 6.07) is 6.93. The number of ether oxygens (including phenoxy) is 1. The molecule has 0 amide bonds. The second-order valence-electron chi connectivity index (χ2n) is 4.05. The van der Waals surface area contributed by atoms with Gasteiger partial charge in [0.25, 0.3) is 0 Å². The lowest BCUT2D eigenvalue weighted by Crippen LogP contribution is -2.43. The highest BCUT2D eigenvalue weighted by molar-refractivity contribution is 5.94. The Morgan fingerprint density at radius 3 is 2.25 bits per heavy atom. The minimum Gasteiger partial charge on any atom is -0.408 e. The fourth-order valence-electron chi connectivity index (χ4n) is 2.23. The van der Waals surface area contributed by atoms with Crippen molar-refractivity contribution in [2.24, 2.45) is 0 Å². The van der Waals surface area contributed by atoms with E-state index in [0.717, 1.165) is 0 Å². The van der Waals surface area contributed by atoms with Crippen LogP contribution in [0.15, 0.2) is 36.9 Å². The SMILES string of the molecule is O=C1OC(n2cnnn2)(n2cnnn2)c2ccccc21. The van der Waals surface area contributed by atoms with Gasteiger partial charge in [0.2, 0.25) is 0 Å². The maximum absolute atomic E-state index is 12.1. The van der Waals surface area contributed by atoms with E-state index in [4.69, 9.17) is 4.74 Å². The lowest BCUT2D eigenvalue weighted by molar-refractivity contribution is -0.0621. The Kier molecular flexibility index (Phi) is 1.96. The molecule has 0 aliphatic carbocycles. The van der Waals surface area contributed by atoms with Crippen molar-refractivity contribution in [1.29, 1.82) is 0 Å². The van der Waals surface area contributed by atoms with Crippen LogP contribution in [0, 0.1) is 0 Å². The van der Waals surface area contributed by atoms with Gasteiger partial charge in [0, 0.05) is 0 Å². The number of carbonyl (C=O) groups is 1. The Balaban J connectivity index is 2.07. The van der Waals surface area contributed by atoms with Crippen LogP contribution < -0.4 is 0 Å². The van der Waals surface area contributed by atoms with Crippen molar-refractivity contribution >= 4 is 5.97 Å². The molecule has 1 aromatic carbocycles. The zero-order chi connectivity index (χ0) is 13.6. The largest absolute Gasteiger partial charge is 0.408 e. The first kappa shape index (κ1) is 10.7. The molecule has 0 saturated carbocycles. The van der Waals surface area contributed by atoms with Crippen LogP contribution in [0.25, 0.3) is 0 Å². The highest BCUT2D eigenvalue weighted by Gasteiger charge is 2.51. The van der Waals surface area contributed by atoms with Crippen LogP contribution in [0.5, 0.6) is 0 Å². The van der Waals surface area contributed by atoms with Crippen LogP contribution in [-0.4, -0.2) is 46.4 Å². The smallest absolute Gasteiger partial charge is 0.342 e. The van der Waals surface area contributed by atoms with Gasteiger partial charge in [0.15, 0.2) is 0 Å². The number of hydrogen-bond acceptors (Lipinski definition) is 8. The Morgan fingerprint density at radius 2 is 1.65 bits per heavy atom. The predicted octanol–water partition coefficient (Wildman–Crippen LogP) is -0.963. The first-order valence-electron chi connectivity index (χ1n) is 5.62. The molecule has 0 bridgehead atoms. The summed E-state index contributed by atoms with van der Waals surface area (Å²) in [5, 5.41) is 22.0. The molecule has 2 aromatic heterocycles. The van der Waals surface area contributed by atoms with Crippen molar-refractivity contribution in [1.82, 2.24) is 40.4 Å². The number of cyclic esters (lactones) is 1. The zero-order valence-electron chi connectivity index (χ0n) is 9.86. The molecule has 0 atom stereocenters. The lowest BCUT2D eigenvalue weighted by Gasteiger charge is -2.26. The summed E-state index contributed by atoms with van der Waals surface area (Å²) < 4.78 is 8.08. The van der Waals surface area contributed by atoms with Gasteiger partial charge in [-0.1, -0.05) is 12.1 Å². The monoisotopic (exact) mass is 270 g/mol. The molecular formula is C10H6N8O2. The summed E-state index contributed by atoms with van der Waals surface area (Å²) in [6.45, 7) is 0. The molecule has 1 aliphatic rings. The van der Waals surface area contributed by atoms with Crippen molar-refractivity contribution in [3.05, 3.63) is 48.0 Å². The molecular weight excluding hydrogens is 264 g/mol. The Hall–Kier alpha value is -3.17. The van der Waals surface area contributed by atoms with Crippen molar-refractivity contribution < 1.29 is 9.53 Å². The molecule has 0 unspecified atom stereocenters. The first-order chi connectivity index (χ1) is 9.82. The van der Waals surface area contributed by atoms with Gasteiger partial charge in [-0.3, -0.25) is 0 Å². The third-order valence-corrected chi connectivity index (χ3v) is 3.05. The molecule has 0 fully saturated rings. The highest BCUT2D eigenvalue weighted by atomic mass is 16.6. The molecule has 1 aliphatic heterocycles. The fourth-order valence-corrected chi connectivity index (χ4v) is 2.23. The molecule has 3 heterocycles.